The van der Waals surface area contributed by atoms with Crippen molar-refractivity contribution in [3.63, 3.8) is 0 Å². The molecule has 0 saturated carbocycles. The number of aliphatic hydroxyl groups excluding tert-OH is 1. The third-order valence-corrected chi connectivity index (χ3v) is 1.97. The molecule has 0 radical (unpaired) electrons. The first kappa shape index (κ1) is 9.98. The van der Waals surface area contributed by atoms with E-state index in [1.54, 1.807) is 6.92 Å². The lowest BCUT2D eigenvalue weighted by atomic mass is 10.2. The number of nitrogens with one attached hydrogen (secondary N) is 2. The average molecular weight is 186 g/mol. The van der Waals surface area contributed by atoms with Crippen LogP contribution in [0, 0.1) is 0 Å². The number of carbonyl (C=O) groups excluding carboxylic acids is 2. The Morgan fingerprint density at radius 2 is 2.54 bits per heavy atom. The van der Waals surface area contributed by atoms with Gasteiger partial charge in [0.1, 0.15) is 6.04 Å². The molecule has 1 fully saturated rings. The maximum Gasteiger partial charge on any atom is 0.242 e. The topological polar surface area (TPSA) is 78.4 Å². The summed E-state index contributed by atoms with van der Waals surface area (Å²) >= 11 is 0. The Hall–Kier alpha value is -1.10. The van der Waals surface area contributed by atoms with E-state index in [0.717, 1.165) is 0 Å². The second-order valence-electron chi connectivity index (χ2n) is 3.25. The zero-order valence-corrected chi connectivity index (χ0v) is 7.54. The quantitative estimate of drug-likeness (QED) is 0.516. The maximum atomic E-state index is 11.3. The molecule has 1 saturated heterocycles. The Morgan fingerprint density at radius 1 is 1.85 bits per heavy atom. The van der Waals surface area contributed by atoms with Gasteiger partial charge in [-0.2, -0.15) is 0 Å². The van der Waals surface area contributed by atoms with E-state index >= 15 is 0 Å². The van der Waals surface area contributed by atoms with Gasteiger partial charge in [0.05, 0.1) is 6.61 Å². The van der Waals surface area contributed by atoms with E-state index in [9.17, 15) is 9.59 Å². The Morgan fingerprint density at radius 3 is 3.00 bits per heavy atom. The molecule has 3 N–H and O–H groups in total. The van der Waals surface area contributed by atoms with Crippen LogP contribution in [0.4, 0.5) is 0 Å². The smallest absolute Gasteiger partial charge is 0.242 e. The summed E-state index contributed by atoms with van der Waals surface area (Å²) in [6, 6.07) is -0.675. The molecule has 13 heavy (non-hydrogen) atoms. The SMILES string of the molecule is C[C@H](CO)NC(=O)[C@H]1CCC(=O)N1. The zero-order valence-electron chi connectivity index (χ0n) is 7.54. The molecule has 0 aromatic rings. The lowest BCUT2D eigenvalue weighted by Gasteiger charge is -2.14. The van der Waals surface area contributed by atoms with E-state index < -0.39 is 6.04 Å². The zero-order chi connectivity index (χ0) is 9.84. The van der Waals surface area contributed by atoms with Crippen LogP contribution in [0.15, 0.2) is 0 Å². The van der Waals surface area contributed by atoms with Crippen LogP contribution < -0.4 is 10.6 Å². The average Bonchev–Trinajstić information content (AvgIpc) is 2.51. The molecule has 0 aromatic carbocycles. The second-order valence-corrected chi connectivity index (χ2v) is 3.25. The molecule has 5 nitrogen and oxygen atoms in total. The van der Waals surface area contributed by atoms with E-state index in [-0.39, 0.29) is 24.5 Å². The van der Waals surface area contributed by atoms with Crippen molar-refractivity contribution >= 4 is 11.8 Å². The highest BCUT2D eigenvalue weighted by Crippen LogP contribution is 2.06. The summed E-state index contributed by atoms with van der Waals surface area (Å²) in [6.45, 7) is 1.61. The van der Waals surface area contributed by atoms with Crippen molar-refractivity contribution in [1.29, 1.82) is 0 Å². The Kier molecular flexibility index (Phi) is 3.25. The minimum atomic E-state index is -0.415. The molecule has 0 bridgehead atoms. The molecule has 0 spiro atoms. The lowest BCUT2D eigenvalue weighted by Crippen LogP contribution is -2.46. The monoisotopic (exact) mass is 186 g/mol. The molecular weight excluding hydrogens is 172 g/mol. The fraction of sp³-hybridized carbons (Fsp3) is 0.750. The van der Waals surface area contributed by atoms with Gasteiger partial charge in [-0.25, -0.2) is 0 Å². The molecule has 1 heterocycles. The van der Waals surface area contributed by atoms with E-state index in [1.165, 1.54) is 0 Å². The third kappa shape index (κ3) is 2.69. The molecule has 0 aliphatic carbocycles. The van der Waals surface area contributed by atoms with Gasteiger partial charge in [0.15, 0.2) is 0 Å². The third-order valence-electron chi connectivity index (χ3n) is 1.97. The molecule has 1 aliphatic rings. The highest BCUT2D eigenvalue weighted by molar-refractivity contribution is 5.90. The minimum absolute atomic E-state index is 0.0863. The van der Waals surface area contributed by atoms with Crippen molar-refractivity contribution < 1.29 is 14.7 Å². The van der Waals surface area contributed by atoms with E-state index in [2.05, 4.69) is 10.6 Å². The van der Waals surface area contributed by atoms with E-state index in [0.29, 0.717) is 12.8 Å². The van der Waals surface area contributed by atoms with Crippen molar-refractivity contribution in [1.82, 2.24) is 10.6 Å². The molecule has 5 heteroatoms. The van der Waals surface area contributed by atoms with Crippen LogP contribution in [0.1, 0.15) is 19.8 Å². The summed E-state index contributed by atoms with van der Waals surface area (Å²) in [4.78, 5) is 22.1. The Labute approximate surface area is 76.5 Å². The van der Waals surface area contributed by atoms with Crippen molar-refractivity contribution in [3.8, 4) is 0 Å². The summed E-state index contributed by atoms with van der Waals surface area (Å²) in [6.07, 6.45) is 0.953. The summed E-state index contributed by atoms with van der Waals surface area (Å²) in [5, 5.41) is 13.8. The van der Waals surface area contributed by atoms with Gasteiger partial charge in [-0.05, 0) is 13.3 Å². The van der Waals surface area contributed by atoms with Gasteiger partial charge < -0.3 is 15.7 Å². The van der Waals surface area contributed by atoms with Crippen molar-refractivity contribution in [2.24, 2.45) is 0 Å². The fourth-order valence-corrected chi connectivity index (χ4v) is 1.20. The summed E-state index contributed by atoms with van der Waals surface area (Å²) in [7, 11) is 0. The summed E-state index contributed by atoms with van der Waals surface area (Å²) in [5.74, 6) is -0.302. The highest BCUT2D eigenvalue weighted by Gasteiger charge is 2.27. The van der Waals surface area contributed by atoms with Crippen LogP contribution >= 0.6 is 0 Å². The van der Waals surface area contributed by atoms with Crippen LogP contribution in [0.25, 0.3) is 0 Å². The van der Waals surface area contributed by atoms with Crippen molar-refractivity contribution in [2.45, 2.75) is 31.8 Å². The standard InChI is InChI=1S/C8H14N2O3/c1-5(4-11)9-8(13)6-2-3-7(12)10-6/h5-6,11H,2-4H2,1H3,(H,9,13)(H,10,12)/t5-,6-/m1/s1. The van der Waals surface area contributed by atoms with Gasteiger partial charge in [0.2, 0.25) is 11.8 Å². The van der Waals surface area contributed by atoms with Crippen molar-refractivity contribution in [2.75, 3.05) is 6.61 Å². The number of hydrogen-bond acceptors (Lipinski definition) is 3. The molecule has 1 rings (SSSR count). The first-order valence-electron chi connectivity index (χ1n) is 4.34. The number of carbonyl (C=O) groups is 2. The van der Waals surface area contributed by atoms with Crippen LogP contribution in [0.3, 0.4) is 0 Å². The number of aliphatic hydroxyl groups is 1. The predicted molar refractivity (Wildman–Crippen MR) is 45.9 cm³/mol. The fourth-order valence-electron chi connectivity index (χ4n) is 1.20. The molecule has 1 aliphatic heterocycles. The van der Waals surface area contributed by atoms with Gasteiger partial charge in [-0.3, -0.25) is 9.59 Å². The summed E-state index contributed by atoms with van der Waals surface area (Å²) in [5.41, 5.74) is 0. The van der Waals surface area contributed by atoms with Gasteiger partial charge in [0.25, 0.3) is 0 Å². The normalized spacial score (nSPS) is 23.8. The van der Waals surface area contributed by atoms with E-state index in [4.69, 9.17) is 5.11 Å². The first-order valence-corrected chi connectivity index (χ1v) is 4.34. The second kappa shape index (κ2) is 4.23. The molecule has 0 unspecified atom stereocenters. The number of hydrogen-bond donors (Lipinski definition) is 3. The van der Waals surface area contributed by atoms with Crippen LogP contribution in [0.5, 0.6) is 0 Å². The Bertz CT molecular complexity index is 217. The largest absolute Gasteiger partial charge is 0.394 e. The van der Waals surface area contributed by atoms with Gasteiger partial charge in [-0.1, -0.05) is 0 Å². The Balaban J connectivity index is 2.35. The molecule has 2 atom stereocenters. The van der Waals surface area contributed by atoms with E-state index in [1.807, 2.05) is 0 Å². The molecule has 74 valence electrons. The highest BCUT2D eigenvalue weighted by atomic mass is 16.3. The summed E-state index contributed by atoms with van der Waals surface area (Å²) < 4.78 is 0. The molecular formula is C8H14N2O3. The van der Waals surface area contributed by atoms with Crippen LogP contribution in [-0.4, -0.2) is 35.6 Å². The predicted octanol–water partition coefficient (Wildman–Crippen LogP) is -1.24. The maximum absolute atomic E-state index is 11.3. The first-order chi connectivity index (χ1) is 6.13. The lowest BCUT2D eigenvalue weighted by molar-refractivity contribution is -0.126. The van der Waals surface area contributed by atoms with Crippen LogP contribution in [0.2, 0.25) is 0 Å². The van der Waals surface area contributed by atoms with Gasteiger partial charge in [-0.15, -0.1) is 0 Å². The molecule has 2 amide bonds. The van der Waals surface area contributed by atoms with Crippen molar-refractivity contribution in [3.05, 3.63) is 0 Å². The van der Waals surface area contributed by atoms with Crippen LogP contribution in [-0.2, 0) is 9.59 Å². The van der Waals surface area contributed by atoms with Gasteiger partial charge >= 0.3 is 0 Å². The molecule has 0 aromatic heterocycles. The minimum Gasteiger partial charge on any atom is -0.394 e. The van der Waals surface area contributed by atoms with Gasteiger partial charge in [0, 0.05) is 12.5 Å². The number of rotatable bonds is 3. The number of amides is 2.